The Labute approximate surface area is 118 Å². The molecule has 0 heterocycles. The van der Waals surface area contributed by atoms with E-state index in [0.717, 1.165) is 12.0 Å². The molecule has 0 unspecified atom stereocenters. The van der Waals surface area contributed by atoms with Gasteiger partial charge in [-0.15, -0.1) is 0 Å². The maximum atomic E-state index is 12.1. The molecule has 1 fully saturated rings. The predicted molar refractivity (Wildman–Crippen MR) is 78.6 cm³/mol. The van der Waals surface area contributed by atoms with Gasteiger partial charge >= 0.3 is 0 Å². The summed E-state index contributed by atoms with van der Waals surface area (Å²) in [6, 6.07) is 5.27. The van der Waals surface area contributed by atoms with Gasteiger partial charge in [0, 0.05) is 17.8 Å². The zero-order chi connectivity index (χ0) is 14.8. The van der Waals surface area contributed by atoms with Gasteiger partial charge in [0.25, 0.3) is 5.91 Å². The quantitative estimate of drug-likeness (QED) is 0.779. The average molecular weight is 275 g/mol. The fourth-order valence-electron chi connectivity index (χ4n) is 2.19. The third-order valence-electron chi connectivity index (χ3n) is 3.78. The van der Waals surface area contributed by atoms with Crippen molar-refractivity contribution in [2.24, 2.45) is 5.73 Å². The molecule has 2 amide bonds. The Hall–Kier alpha value is -1.88. The molecule has 1 aliphatic rings. The maximum Gasteiger partial charge on any atom is 0.251 e. The van der Waals surface area contributed by atoms with Crippen molar-refractivity contribution in [1.29, 1.82) is 0 Å². The molecule has 2 rings (SSSR count). The van der Waals surface area contributed by atoms with E-state index < -0.39 is 5.54 Å². The number of nitrogens with two attached hydrogens (primary N) is 1. The van der Waals surface area contributed by atoms with E-state index in [1.807, 2.05) is 19.9 Å². The van der Waals surface area contributed by atoms with Crippen molar-refractivity contribution < 1.29 is 9.59 Å². The number of hydrogen-bond acceptors (Lipinski definition) is 3. The smallest absolute Gasteiger partial charge is 0.251 e. The van der Waals surface area contributed by atoms with Gasteiger partial charge in [-0.25, -0.2) is 0 Å². The lowest BCUT2D eigenvalue weighted by molar-refractivity contribution is -0.123. The van der Waals surface area contributed by atoms with Crippen LogP contribution < -0.4 is 16.4 Å². The van der Waals surface area contributed by atoms with E-state index in [1.165, 1.54) is 0 Å². The Morgan fingerprint density at radius 3 is 2.60 bits per heavy atom. The van der Waals surface area contributed by atoms with Crippen molar-refractivity contribution in [3.63, 3.8) is 0 Å². The normalized spacial score (nSPS) is 16.1. The third kappa shape index (κ3) is 2.82. The van der Waals surface area contributed by atoms with Crippen LogP contribution in [0.15, 0.2) is 18.2 Å². The highest BCUT2D eigenvalue weighted by Gasteiger charge is 2.40. The molecule has 1 aliphatic carbocycles. The second-order valence-electron chi connectivity index (χ2n) is 5.35. The van der Waals surface area contributed by atoms with Crippen molar-refractivity contribution in [3.8, 4) is 0 Å². The van der Waals surface area contributed by atoms with Crippen LogP contribution >= 0.6 is 0 Å². The van der Waals surface area contributed by atoms with Crippen LogP contribution in [0, 0.1) is 6.92 Å². The number of carbonyl (C=O) groups is 2. The van der Waals surface area contributed by atoms with Gasteiger partial charge in [0.05, 0.1) is 5.54 Å². The zero-order valence-corrected chi connectivity index (χ0v) is 12.0. The SMILES string of the molecule is CCNC(=O)c1ccc(C)c(NC(=O)C2(N)CCC2)c1. The number of rotatable bonds is 4. The summed E-state index contributed by atoms with van der Waals surface area (Å²) >= 11 is 0. The van der Waals surface area contributed by atoms with E-state index in [-0.39, 0.29) is 11.8 Å². The van der Waals surface area contributed by atoms with Crippen LogP contribution in [0.25, 0.3) is 0 Å². The summed E-state index contributed by atoms with van der Waals surface area (Å²) in [5, 5.41) is 5.58. The molecule has 1 aromatic rings. The minimum atomic E-state index is -0.742. The Balaban J connectivity index is 2.16. The molecule has 0 bridgehead atoms. The summed E-state index contributed by atoms with van der Waals surface area (Å²) < 4.78 is 0. The topological polar surface area (TPSA) is 84.2 Å². The van der Waals surface area contributed by atoms with Gasteiger partial charge in [-0.3, -0.25) is 9.59 Å². The summed E-state index contributed by atoms with van der Waals surface area (Å²) in [6.45, 7) is 4.32. The molecule has 1 aromatic carbocycles. The highest BCUT2D eigenvalue weighted by atomic mass is 16.2. The van der Waals surface area contributed by atoms with E-state index in [9.17, 15) is 9.59 Å². The van der Waals surface area contributed by atoms with E-state index in [1.54, 1.807) is 12.1 Å². The van der Waals surface area contributed by atoms with E-state index in [4.69, 9.17) is 5.73 Å². The summed E-state index contributed by atoms with van der Waals surface area (Å²) in [6.07, 6.45) is 2.42. The van der Waals surface area contributed by atoms with Crippen LogP contribution in [0.1, 0.15) is 42.1 Å². The van der Waals surface area contributed by atoms with Crippen LogP contribution in [0.3, 0.4) is 0 Å². The molecule has 0 aromatic heterocycles. The minimum Gasteiger partial charge on any atom is -0.352 e. The second kappa shape index (κ2) is 5.63. The third-order valence-corrected chi connectivity index (χ3v) is 3.78. The summed E-state index contributed by atoms with van der Waals surface area (Å²) in [4.78, 5) is 23.9. The second-order valence-corrected chi connectivity index (χ2v) is 5.35. The van der Waals surface area contributed by atoms with Crippen LogP contribution in [-0.4, -0.2) is 23.9 Å². The molecule has 0 saturated heterocycles. The standard InChI is InChI=1S/C15H21N3O2/c1-3-17-13(19)11-6-5-10(2)12(9-11)18-14(20)15(16)7-4-8-15/h5-6,9H,3-4,7-8,16H2,1-2H3,(H,17,19)(H,18,20). The molecule has 0 aliphatic heterocycles. The van der Waals surface area contributed by atoms with Gasteiger partial charge in [-0.1, -0.05) is 6.07 Å². The number of hydrogen-bond donors (Lipinski definition) is 3. The predicted octanol–water partition coefficient (Wildman–Crippen LogP) is 1.56. The molecular formula is C15H21N3O2. The lowest BCUT2D eigenvalue weighted by Gasteiger charge is -2.36. The molecule has 1 saturated carbocycles. The molecule has 5 heteroatoms. The molecule has 0 radical (unpaired) electrons. The lowest BCUT2D eigenvalue weighted by Crippen LogP contribution is -2.56. The Morgan fingerprint density at radius 2 is 2.05 bits per heavy atom. The minimum absolute atomic E-state index is 0.144. The first-order valence-corrected chi connectivity index (χ1v) is 6.95. The lowest BCUT2D eigenvalue weighted by atomic mass is 9.77. The van der Waals surface area contributed by atoms with Gasteiger partial charge in [0.1, 0.15) is 0 Å². The molecule has 5 nitrogen and oxygen atoms in total. The Kier molecular flexibility index (Phi) is 4.09. The van der Waals surface area contributed by atoms with Crippen molar-refractivity contribution in [3.05, 3.63) is 29.3 Å². The number of benzene rings is 1. The van der Waals surface area contributed by atoms with Crippen molar-refractivity contribution in [2.75, 3.05) is 11.9 Å². The first kappa shape index (κ1) is 14.5. The number of nitrogens with one attached hydrogen (secondary N) is 2. The van der Waals surface area contributed by atoms with Crippen molar-refractivity contribution in [1.82, 2.24) is 5.32 Å². The summed E-state index contributed by atoms with van der Waals surface area (Å²) in [5.74, 6) is -0.311. The highest BCUT2D eigenvalue weighted by Crippen LogP contribution is 2.30. The summed E-state index contributed by atoms with van der Waals surface area (Å²) in [5.41, 5.74) is 7.35. The number of amides is 2. The fraction of sp³-hybridized carbons (Fsp3) is 0.467. The van der Waals surface area contributed by atoms with Crippen LogP contribution in [0.4, 0.5) is 5.69 Å². The van der Waals surface area contributed by atoms with Crippen molar-refractivity contribution in [2.45, 2.75) is 38.6 Å². The monoisotopic (exact) mass is 275 g/mol. The van der Waals surface area contributed by atoms with E-state index in [0.29, 0.717) is 30.6 Å². The molecule has 4 N–H and O–H groups in total. The highest BCUT2D eigenvalue weighted by molar-refractivity contribution is 6.01. The number of carbonyl (C=O) groups excluding carboxylic acids is 2. The molecule has 0 atom stereocenters. The van der Waals surface area contributed by atoms with Crippen molar-refractivity contribution >= 4 is 17.5 Å². The molecule has 20 heavy (non-hydrogen) atoms. The molecular weight excluding hydrogens is 254 g/mol. The van der Waals surface area contributed by atoms with Gasteiger partial charge in [-0.2, -0.15) is 0 Å². The molecule has 0 spiro atoms. The van der Waals surface area contributed by atoms with Gasteiger partial charge in [0.2, 0.25) is 5.91 Å². The first-order valence-electron chi connectivity index (χ1n) is 6.95. The Bertz CT molecular complexity index is 536. The van der Waals surface area contributed by atoms with Crippen LogP contribution in [-0.2, 0) is 4.79 Å². The first-order chi connectivity index (χ1) is 9.46. The molecule has 108 valence electrons. The van der Waals surface area contributed by atoms with Crippen LogP contribution in [0.2, 0.25) is 0 Å². The average Bonchev–Trinajstić information content (AvgIpc) is 2.38. The van der Waals surface area contributed by atoms with Gasteiger partial charge in [0.15, 0.2) is 0 Å². The fourth-order valence-corrected chi connectivity index (χ4v) is 2.19. The summed E-state index contributed by atoms with van der Waals surface area (Å²) in [7, 11) is 0. The largest absolute Gasteiger partial charge is 0.352 e. The van der Waals surface area contributed by atoms with E-state index in [2.05, 4.69) is 10.6 Å². The number of aryl methyl sites for hydroxylation is 1. The van der Waals surface area contributed by atoms with Crippen LogP contribution in [0.5, 0.6) is 0 Å². The van der Waals surface area contributed by atoms with Gasteiger partial charge < -0.3 is 16.4 Å². The zero-order valence-electron chi connectivity index (χ0n) is 12.0. The van der Waals surface area contributed by atoms with E-state index >= 15 is 0 Å². The Morgan fingerprint density at radius 1 is 1.35 bits per heavy atom. The number of anilines is 1. The van der Waals surface area contributed by atoms with Gasteiger partial charge in [-0.05, 0) is 50.8 Å². The maximum absolute atomic E-state index is 12.1.